The maximum Gasteiger partial charge on any atom is 0.223 e. The van der Waals surface area contributed by atoms with Gasteiger partial charge in [0.25, 0.3) is 0 Å². The third-order valence-corrected chi connectivity index (χ3v) is 5.30. The molecule has 24 heavy (non-hydrogen) atoms. The second kappa shape index (κ2) is 9.19. The predicted molar refractivity (Wildman–Crippen MR) is 97.6 cm³/mol. The lowest BCUT2D eigenvalue weighted by atomic mass is 9.97. The first-order chi connectivity index (χ1) is 11.8. The molecule has 0 aromatic heterocycles. The first-order valence-electron chi connectivity index (χ1n) is 9.60. The number of hydrogen-bond donors (Lipinski definition) is 2. The van der Waals surface area contributed by atoms with Crippen LogP contribution < -0.4 is 10.6 Å². The summed E-state index contributed by atoms with van der Waals surface area (Å²) in [5, 5.41) is 6.40. The maximum absolute atomic E-state index is 12.2. The van der Waals surface area contributed by atoms with E-state index in [1.54, 1.807) is 0 Å². The van der Waals surface area contributed by atoms with Crippen LogP contribution in [0.15, 0.2) is 24.3 Å². The highest BCUT2D eigenvalue weighted by molar-refractivity contribution is 5.78. The van der Waals surface area contributed by atoms with E-state index in [-0.39, 0.29) is 11.8 Å². The van der Waals surface area contributed by atoms with E-state index < -0.39 is 0 Å². The van der Waals surface area contributed by atoms with Gasteiger partial charge in [0.15, 0.2) is 0 Å². The maximum atomic E-state index is 12.2. The van der Waals surface area contributed by atoms with Gasteiger partial charge in [0.1, 0.15) is 0 Å². The van der Waals surface area contributed by atoms with E-state index in [4.69, 9.17) is 0 Å². The number of benzene rings is 1. The molecule has 0 saturated carbocycles. The van der Waals surface area contributed by atoms with Gasteiger partial charge in [-0.15, -0.1) is 0 Å². The van der Waals surface area contributed by atoms with Gasteiger partial charge in [0, 0.05) is 19.0 Å². The highest BCUT2D eigenvalue weighted by Crippen LogP contribution is 2.15. The molecule has 2 saturated heterocycles. The van der Waals surface area contributed by atoms with Crippen LogP contribution in [-0.4, -0.2) is 37.0 Å². The number of likely N-dealkylation sites (tertiary alicyclic amines) is 1. The molecule has 2 aliphatic rings. The molecular formula is C20H31N3O. The molecule has 1 aromatic rings. The minimum Gasteiger partial charge on any atom is -0.352 e. The fourth-order valence-corrected chi connectivity index (χ4v) is 3.73. The molecule has 0 unspecified atom stereocenters. The fraction of sp³-hybridized carbons (Fsp3) is 0.650. The van der Waals surface area contributed by atoms with Gasteiger partial charge in [-0.2, -0.15) is 0 Å². The first kappa shape index (κ1) is 17.4. The quantitative estimate of drug-likeness (QED) is 0.873. The summed E-state index contributed by atoms with van der Waals surface area (Å²) in [6, 6.07) is 8.76. The smallest absolute Gasteiger partial charge is 0.223 e. The Morgan fingerprint density at radius 3 is 2.29 bits per heavy atom. The van der Waals surface area contributed by atoms with E-state index in [0.29, 0.717) is 6.54 Å². The van der Waals surface area contributed by atoms with Crippen LogP contribution in [0.4, 0.5) is 0 Å². The Kier molecular flexibility index (Phi) is 6.67. The van der Waals surface area contributed by atoms with Gasteiger partial charge < -0.3 is 10.6 Å². The second-order valence-corrected chi connectivity index (χ2v) is 7.25. The van der Waals surface area contributed by atoms with E-state index in [9.17, 15) is 4.79 Å². The molecule has 2 heterocycles. The van der Waals surface area contributed by atoms with Crippen LogP contribution in [0.1, 0.15) is 49.7 Å². The highest BCUT2D eigenvalue weighted by atomic mass is 16.1. The largest absolute Gasteiger partial charge is 0.352 e. The molecule has 1 aromatic carbocycles. The normalized spacial score (nSPS) is 20.5. The Bertz CT molecular complexity index is 500. The average Bonchev–Trinajstić information content (AvgIpc) is 2.90. The summed E-state index contributed by atoms with van der Waals surface area (Å²) in [5.74, 6) is 0.402. The molecule has 0 radical (unpaired) electrons. The number of nitrogens with zero attached hydrogens (tertiary/aromatic N) is 1. The molecular weight excluding hydrogens is 298 g/mol. The summed E-state index contributed by atoms with van der Waals surface area (Å²) in [7, 11) is 0. The lowest BCUT2D eigenvalue weighted by Crippen LogP contribution is -2.37. The average molecular weight is 329 g/mol. The van der Waals surface area contributed by atoms with Crippen molar-refractivity contribution in [2.45, 2.75) is 51.6 Å². The van der Waals surface area contributed by atoms with Gasteiger partial charge in [0.2, 0.25) is 5.91 Å². The lowest BCUT2D eigenvalue weighted by molar-refractivity contribution is -0.125. The number of rotatable bonds is 5. The SMILES string of the molecule is O=C(NCc1ccc(CN2CCCCCC2)cc1)C1CCNCC1. The zero-order valence-electron chi connectivity index (χ0n) is 14.7. The van der Waals surface area contributed by atoms with Gasteiger partial charge in [-0.25, -0.2) is 0 Å². The third kappa shape index (κ3) is 5.32. The van der Waals surface area contributed by atoms with E-state index in [1.807, 2.05) is 0 Å². The minimum absolute atomic E-state index is 0.188. The molecule has 2 fully saturated rings. The van der Waals surface area contributed by atoms with Crippen molar-refractivity contribution in [2.24, 2.45) is 5.92 Å². The zero-order chi connectivity index (χ0) is 16.6. The van der Waals surface area contributed by atoms with E-state index in [1.165, 1.54) is 49.9 Å². The minimum atomic E-state index is 0.188. The fourth-order valence-electron chi connectivity index (χ4n) is 3.73. The summed E-state index contributed by atoms with van der Waals surface area (Å²) < 4.78 is 0. The van der Waals surface area contributed by atoms with Crippen LogP contribution in [0.25, 0.3) is 0 Å². The Hall–Kier alpha value is -1.39. The van der Waals surface area contributed by atoms with Crippen LogP contribution >= 0.6 is 0 Å². The Balaban J connectivity index is 1.44. The van der Waals surface area contributed by atoms with Gasteiger partial charge >= 0.3 is 0 Å². The summed E-state index contributed by atoms with van der Waals surface area (Å²) in [5.41, 5.74) is 2.57. The van der Waals surface area contributed by atoms with Crippen molar-refractivity contribution < 1.29 is 4.79 Å². The molecule has 132 valence electrons. The third-order valence-electron chi connectivity index (χ3n) is 5.30. The van der Waals surface area contributed by atoms with Crippen molar-refractivity contribution >= 4 is 5.91 Å². The summed E-state index contributed by atoms with van der Waals surface area (Å²) in [4.78, 5) is 14.8. The van der Waals surface area contributed by atoms with Crippen LogP contribution in [-0.2, 0) is 17.9 Å². The molecule has 4 heteroatoms. The number of carbonyl (C=O) groups is 1. The van der Waals surface area contributed by atoms with Crippen molar-refractivity contribution in [2.75, 3.05) is 26.2 Å². The van der Waals surface area contributed by atoms with Crippen molar-refractivity contribution in [3.63, 3.8) is 0 Å². The predicted octanol–water partition coefficient (Wildman–Crippen LogP) is 2.68. The molecule has 0 spiro atoms. The summed E-state index contributed by atoms with van der Waals surface area (Å²) in [6.45, 7) is 6.09. The first-order valence-corrected chi connectivity index (χ1v) is 9.60. The van der Waals surface area contributed by atoms with Gasteiger partial charge in [0.05, 0.1) is 0 Å². The Morgan fingerprint density at radius 2 is 1.62 bits per heavy atom. The summed E-state index contributed by atoms with van der Waals surface area (Å²) >= 11 is 0. The van der Waals surface area contributed by atoms with Crippen molar-refractivity contribution in [1.82, 2.24) is 15.5 Å². The van der Waals surface area contributed by atoms with E-state index in [0.717, 1.165) is 32.5 Å². The molecule has 4 nitrogen and oxygen atoms in total. The topological polar surface area (TPSA) is 44.4 Å². The monoisotopic (exact) mass is 329 g/mol. The number of hydrogen-bond acceptors (Lipinski definition) is 3. The van der Waals surface area contributed by atoms with Gasteiger partial charge in [-0.3, -0.25) is 9.69 Å². The number of carbonyl (C=O) groups excluding carboxylic acids is 1. The molecule has 0 bridgehead atoms. The molecule has 1 amide bonds. The highest BCUT2D eigenvalue weighted by Gasteiger charge is 2.20. The van der Waals surface area contributed by atoms with Crippen LogP contribution in [0, 0.1) is 5.92 Å². The molecule has 3 rings (SSSR count). The van der Waals surface area contributed by atoms with Crippen LogP contribution in [0.2, 0.25) is 0 Å². The second-order valence-electron chi connectivity index (χ2n) is 7.25. The van der Waals surface area contributed by atoms with Gasteiger partial charge in [-0.05, 0) is 63.0 Å². The zero-order valence-corrected chi connectivity index (χ0v) is 14.7. The lowest BCUT2D eigenvalue weighted by Gasteiger charge is -2.22. The molecule has 0 atom stereocenters. The summed E-state index contributed by atoms with van der Waals surface area (Å²) in [6.07, 6.45) is 7.35. The van der Waals surface area contributed by atoms with Crippen molar-refractivity contribution in [3.8, 4) is 0 Å². The van der Waals surface area contributed by atoms with E-state index in [2.05, 4.69) is 39.8 Å². The van der Waals surface area contributed by atoms with Crippen LogP contribution in [0.3, 0.4) is 0 Å². The number of amides is 1. The molecule has 2 aliphatic heterocycles. The van der Waals surface area contributed by atoms with Crippen molar-refractivity contribution in [1.29, 1.82) is 0 Å². The van der Waals surface area contributed by atoms with Gasteiger partial charge in [-0.1, -0.05) is 37.1 Å². The number of nitrogens with one attached hydrogen (secondary N) is 2. The van der Waals surface area contributed by atoms with Crippen LogP contribution in [0.5, 0.6) is 0 Å². The molecule has 2 N–H and O–H groups in total. The Labute approximate surface area is 146 Å². The van der Waals surface area contributed by atoms with E-state index >= 15 is 0 Å². The number of piperidine rings is 1. The standard InChI is InChI=1S/C20H31N3O/c24-20(19-9-11-21-12-10-19)22-15-17-5-7-18(8-6-17)16-23-13-3-1-2-4-14-23/h5-8,19,21H,1-4,9-16H2,(H,22,24). The Morgan fingerprint density at radius 1 is 1.00 bits per heavy atom. The molecule has 0 aliphatic carbocycles. The van der Waals surface area contributed by atoms with Crippen molar-refractivity contribution in [3.05, 3.63) is 35.4 Å².